The van der Waals surface area contributed by atoms with E-state index in [4.69, 9.17) is 4.74 Å². The van der Waals surface area contributed by atoms with Gasteiger partial charge in [0.1, 0.15) is 0 Å². The van der Waals surface area contributed by atoms with E-state index in [2.05, 4.69) is 23.1 Å². The van der Waals surface area contributed by atoms with Crippen molar-refractivity contribution in [2.75, 3.05) is 24.3 Å². The molecule has 0 aromatic heterocycles. The molecule has 1 aromatic carbocycles. The van der Waals surface area contributed by atoms with Gasteiger partial charge in [0.25, 0.3) is 0 Å². The van der Waals surface area contributed by atoms with Crippen LogP contribution in [0, 0.1) is 0 Å². The van der Waals surface area contributed by atoms with Gasteiger partial charge < -0.3 is 9.64 Å². The molecule has 2 heterocycles. The summed E-state index contributed by atoms with van der Waals surface area (Å²) in [6.45, 7) is 1.11. The summed E-state index contributed by atoms with van der Waals surface area (Å²) in [5, 5.41) is 0. The predicted octanol–water partition coefficient (Wildman–Crippen LogP) is 3.02. The van der Waals surface area contributed by atoms with Gasteiger partial charge in [-0.05, 0) is 24.3 Å². The topological polar surface area (TPSA) is 12.5 Å². The van der Waals surface area contributed by atoms with Gasteiger partial charge in [-0.2, -0.15) is 0 Å². The molecular formula is C11H13NOS2. The lowest BCUT2D eigenvalue weighted by atomic mass is 10.3. The lowest BCUT2D eigenvalue weighted by molar-refractivity contribution is 0.171. The van der Waals surface area contributed by atoms with Crippen LogP contribution in [0.2, 0.25) is 0 Å². The van der Waals surface area contributed by atoms with Gasteiger partial charge in [0.2, 0.25) is 0 Å². The van der Waals surface area contributed by atoms with E-state index in [0.29, 0.717) is 0 Å². The highest BCUT2D eigenvalue weighted by molar-refractivity contribution is 8.01. The first-order valence-electron chi connectivity index (χ1n) is 5.12. The molecule has 0 saturated carbocycles. The van der Waals surface area contributed by atoms with Crippen molar-refractivity contribution in [3.05, 3.63) is 18.2 Å². The summed E-state index contributed by atoms with van der Waals surface area (Å²) in [5.74, 6) is 1.22. The fourth-order valence-corrected chi connectivity index (χ4v) is 4.33. The van der Waals surface area contributed by atoms with E-state index in [0.717, 1.165) is 6.54 Å². The molecule has 2 nitrogen and oxygen atoms in total. The third kappa shape index (κ3) is 1.55. The van der Waals surface area contributed by atoms with E-state index in [9.17, 15) is 0 Å². The highest BCUT2D eigenvalue weighted by Gasteiger charge is 2.33. The van der Waals surface area contributed by atoms with Crippen LogP contribution < -0.4 is 4.90 Å². The van der Waals surface area contributed by atoms with Crippen molar-refractivity contribution in [1.82, 2.24) is 0 Å². The van der Waals surface area contributed by atoms with Crippen LogP contribution in [0.4, 0.5) is 5.69 Å². The second kappa shape index (κ2) is 3.92. The van der Waals surface area contributed by atoms with Crippen molar-refractivity contribution in [2.24, 2.45) is 0 Å². The van der Waals surface area contributed by atoms with E-state index in [1.807, 2.05) is 23.5 Å². The highest BCUT2D eigenvalue weighted by atomic mass is 32.2. The number of rotatable bonds is 1. The van der Waals surface area contributed by atoms with Crippen LogP contribution in [0.25, 0.3) is 0 Å². The predicted molar refractivity (Wildman–Crippen MR) is 65.8 cm³/mol. The third-order valence-electron chi connectivity index (χ3n) is 2.73. The fourth-order valence-electron chi connectivity index (χ4n) is 2.08. The molecule has 3 rings (SSSR count). The van der Waals surface area contributed by atoms with Crippen molar-refractivity contribution in [2.45, 2.75) is 21.8 Å². The van der Waals surface area contributed by atoms with Crippen molar-refractivity contribution in [3.63, 3.8) is 0 Å². The van der Waals surface area contributed by atoms with Gasteiger partial charge in [-0.15, -0.1) is 11.8 Å². The normalized spacial score (nSPS) is 23.8. The Hall–Kier alpha value is -0.320. The van der Waals surface area contributed by atoms with Crippen molar-refractivity contribution < 1.29 is 4.74 Å². The van der Waals surface area contributed by atoms with Crippen molar-refractivity contribution in [1.29, 1.82) is 0 Å². The molecule has 2 aliphatic rings. The van der Waals surface area contributed by atoms with E-state index >= 15 is 0 Å². The summed E-state index contributed by atoms with van der Waals surface area (Å²) >= 11 is 3.79. The third-order valence-corrected chi connectivity index (χ3v) is 5.10. The van der Waals surface area contributed by atoms with Crippen molar-refractivity contribution >= 4 is 29.2 Å². The van der Waals surface area contributed by atoms with E-state index in [-0.39, 0.29) is 5.56 Å². The van der Waals surface area contributed by atoms with Gasteiger partial charge in [0, 0.05) is 23.4 Å². The average molecular weight is 239 g/mol. The number of anilines is 1. The number of methoxy groups -OCH3 is 1. The summed E-state index contributed by atoms with van der Waals surface area (Å²) in [6.07, 6.45) is 1.24. The van der Waals surface area contributed by atoms with Crippen LogP contribution in [0.1, 0.15) is 6.42 Å². The van der Waals surface area contributed by atoms with Crippen molar-refractivity contribution in [3.8, 4) is 0 Å². The maximum atomic E-state index is 5.52. The van der Waals surface area contributed by atoms with E-state index in [1.54, 1.807) is 7.11 Å². The lowest BCUT2D eigenvalue weighted by Gasteiger charge is -2.24. The summed E-state index contributed by atoms with van der Waals surface area (Å²) in [4.78, 5) is 5.18. The standard InChI is InChI=1S/C11H13NOS2/c1-13-11-12-6-3-7-14-8-4-2-5-9(15-11)10(8)12/h2,4-5,11H,3,6-7H2,1H3. The smallest absolute Gasteiger partial charge is 0.182 e. The molecule has 0 spiro atoms. The number of hydrogen-bond donors (Lipinski definition) is 0. The molecule has 0 aliphatic carbocycles. The zero-order chi connectivity index (χ0) is 10.3. The Morgan fingerprint density at radius 1 is 1.40 bits per heavy atom. The molecule has 4 heteroatoms. The summed E-state index contributed by atoms with van der Waals surface area (Å²) in [7, 11) is 1.79. The Labute approximate surface area is 98.4 Å². The first kappa shape index (κ1) is 9.87. The first-order valence-corrected chi connectivity index (χ1v) is 6.98. The number of hydrogen-bond acceptors (Lipinski definition) is 4. The minimum Gasteiger partial charge on any atom is -0.352 e. The Bertz CT molecular complexity index is 383. The number of ether oxygens (including phenoxy) is 1. The minimum atomic E-state index is 0.180. The molecule has 0 N–H and O–H groups in total. The fraction of sp³-hybridized carbons (Fsp3) is 0.455. The van der Waals surface area contributed by atoms with Gasteiger partial charge in [0.05, 0.1) is 5.69 Å². The largest absolute Gasteiger partial charge is 0.352 e. The van der Waals surface area contributed by atoms with Gasteiger partial charge in [-0.3, -0.25) is 0 Å². The van der Waals surface area contributed by atoms with Gasteiger partial charge in [-0.1, -0.05) is 17.8 Å². The monoisotopic (exact) mass is 239 g/mol. The van der Waals surface area contributed by atoms with Gasteiger partial charge in [0.15, 0.2) is 5.56 Å². The second-order valence-electron chi connectivity index (χ2n) is 3.66. The SMILES string of the molecule is COC1Sc2cccc3c2N1CCCS3. The molecule has 1 aromatic rings. The van der Waals surface area contributed by atoms with Gasteiger partial charge >= 0.3 is 0 Å². The Kier molecular flexibility index (Phi) is 2.58. The number of thioether (sulfide) groups is 2. The molecular weight excluding hydrogens is 226 g/mol. The van der Waals surface area contributed by atoms with E-state index < -0.39 is 0 Å². The van der Waals surface area contributed by atoms with Crippen LogP contribution >= 0.6 is 23.5 Å². The Morgan fingerprint density at radius 2 is 2.27 bits per heavy atom. The molecule has 2 aliphatic heterocycles. The number of para-hydroxylation sites is 1. The van der Waals surface area contributed by atoms with Crippen LogP contribution in [-0.2, 0) is 4.74 Å². The summed E-state index contributed by atoms with van der Waals surface area (Å²) in [6, 6.07) is 6.57. The van der Waals surface area contributed by atoms with Crippen LogP contribution in [0.5, 0.6) is 0 Å². The molecule has 80 valence electrons. The minimum absolute atomic E-state index is 0.180. The molecule has 1 unspecified atom stereocenters. The molecule has 1 atom stereocenters. The molecule has 0 amide bonds. The zero-order valence-corrected chi connectivity index (χ0v) is 10.2. The number of nitrogens with zero attached hydrogens (tertiary/aromatic N) is 1. The van der Waals surface area contributed by atoms with Crippen LogP contribution in [-0.4, -0.2) is 25.0 Å². The maximum absolute atomic E-state index is 5.52. The maximum Gasteiger partial charge on any atom is 0.182 e. The lowest BCUT2D eigenvalue weighted by Crippen LogP contribution is -2.31. The second-order valence-corrected chi connectivity index (χ2v) is 5.87. The van der Waals surface area contributed by atoms with Crippen LogP contribution in [0.3, 0.4) is 0 Å². The summed E-state index contributed by atoms with van der Waals surface area (Å²) < 4.78 is 5.52. The zero-order valence-electron chi connectivity index (χ0n) is 8.60. The average Bonchev–Trinajstić information content (AvgIpc) is 2.47. The Morgan fingerprint density at radius 3 is 3.13 bits per heavy atom. The van der Waals surface area contributed by atoms with E-state index in [1.165, 1.54) is 27.7 Å². The quantitative estimate of drug-likeness (QED) is 0.746. The first-order chi connectivity index (χ1) is 7.40. The van der Waals surface area contributed by atoms with Crippen LogP contribution in [0.15, 0.2) is 28.0 Å². The number of benzene rings is 1. The van der Waals surface area contributed by atoms with Gasteiger partial charge in [-0.25, -0.2) is 0 Å². The highest BCUT2D eigenvalue weighted by Crippen LogP contribution is 2.49. The molecule has 15 heavy (non-hydrogen) atoms. The molecule has 0 saturated heterocycles. The summed E-state index contributed by atoms with van der Waals surface area (Å²) in [5.41, 5.74) is 1.58. The Balaban J connectivity index is 2.09. The molecule has 0 radical (unpaired) electrons. The molecule has 0 bridgehead atoms. The molecule has 0 fully saturated rings.